The van der Waals surface area contributed by atoms with Crippen molar-refractivity contribution in [2.45, 2.75) is 32.6 Å². The zero-order chi connectivity index (χ0) is 19.2. The van der Waals surface area contributed by atoms with E-state index in [9.17, 15) is 9.18 Å². The van der Waals surface area contributed by atoms with Crippen LogP contribution in [0.15, 0.2) is 28.9 Å². The van der Waals surface area contributed by atoms with E-state index >= 15 is 0 Å². The first kappa shape index (κ1) is 19.5. The molecule has 0 unspecified atom stereocenters. The molecule has 0 spiro atoms. The van der Waals surface area contributed by atoms with E-state index in [4.69, 9.17) is 0 Å². The van der Waals surface area contributed by atoms with Gasteiger partial charge in [0.05, 0.1) is 6.42 Å². The third kappa shape index (κ3) is 5.35. The molecule has 1 aromatic heterocycles. The minimum Gasteiger partial charge on any atom is -0.345 e. The van der Waals surface area contributed by atoms with Crippen molar-refractivity contribution in [1.82, 2.24) is 20.1 Å². The maximum absolute atomic E-state index is 13.8. The second-order valence-corrected chi connectivity index (χ2v) is 7.40. The summed E-state index contributed by atoms with van der Waals surface area (Å²) in [7, 11) is 1.84. The first-order valence-corrected chi connectivity index (χ1v) is 9.50. The summed E-state index contributed by atoms with van der Waals surface area (Å²) in [6, 6.07) is 6.97. The third-order valence-electron chi connectivity index (χ3n) is 5.28. The highest BCUT2D eigenvalue weighted by atomic mass is 19.1. The zero-order valence-electron chi connectivity index (χ0n) is 16.0. The highest BCUT2D eigenvalue weighted by Gasteiger charge is 2.23. The van der Waals surface area contributed by atoms with Crippen molar-refractivity contribution in [1.29, 1.82) is 0 Å². The number of benzene rings is 1. The number of aryl methyl sites for hydroxylation is 1. The maximum atomic E-state index is 13.8. The number of likely N-dealkylation sites (tertiary alicyclic amines) is 1. The van der Waals surface area contributed by atoms with Gasteiger partial charge in [0.15, 0.2) is 0 Å². The Morgan fingerprint density at radius 3 is 2.93 bits per heavy atom. The SMILES string of the molecule is Cc1nonc1CC(=O)N(C)C[C@@H]1CCCN(CCc2ccccc2F)C1. The standard InChI is InChI=1S/C20H27FN4O2/c1-15-19(23-27-22-15)12-20(26)24(2)13-16-6-5-10-25(14-16)11-9-17-7-3-4-8-18(17)21/h3-4,7-8,16H,5-6,9-14H2,1-2H3/t16-/m0/s1. The van der Waals surface area contributed by atoms with Crippen LogP contribution in [0.3, 0.4) is 0 Å². The summed E-state index contributed by atoms with van der Waals surface area (Å²) in [6.07, 6.45) is 3.15. The normalized spacial score (nSPS) is 17.8. The van der Waals surface area contributed by atoms with Gasteiger partial charge in [-0.05, 0) is 50.3 Å². The Kier molecular flexibility index (Phi) is 6.55. The Bertz CT molecular complexity index is 764. The zero-order valence-corrected chi connectivity index (χ0v) is 16.0. The van der Waals surface area contributed by atoms with Crippen molar-refractivity contribution in [3.05, 3.63) is 47.0 Å². The van der Waals surface area contributed by atoms with Crippen molar-refractivity contribution in [2.24, 2.45) is 5.92 Å². The molecular formula is C20H27FN4O2. The number of carbonyl (C=O) groups excluding carboxylic acids is 1. The fourth-order valence-electron chi connectivity index (χ4n) is 3.66. The van der Waals surface area contributed by atoms with Crippen LogP contribution in [0.25, 0.3) is 0 Å². The molecule has 1 amide bonds. The molecule has 2 heterocycles. The molecule has 1 aliphatic rings. The van der Waals surface area contributed by atoms with E-state index in [-0.39, 0.29) is 18.1 Å². The molecule has 1 fully saturated rings. The summed E-state index contributed by atoms with van der Waals surface area (Å²) < 4.78 is 18.4. The van der Waals surface area contributed by atoms with Gasteiger partial charge in [-0.25, -0.2) is 9.02 Å². The summed E-state index contributed by atoms with van der Waals surface area (Å²) >= 11 is 0. The molecule has 0 saturated carbocycles. The van der Waals surface area contributed by atoms with E-state index in [0.717, 1.165) is 44.6 Å². The lowest BCUT2D eigenvalue weighted by Crippen LogP contribution is -2.42. The molecule has 0 N–H and O–H groups in total. The monoisotopic (exact) mass is 374 g/mol. The van der Waals surface area contributed by atoms with Gasteiger partial charge in [0.2, 0.25) is 5.91 Å². The molecule has 1 atom stereocenters. The predicted molar refractivity (Wildman–Crippen MR) is 99.6 cm³/mol. The van der Waals surface area contributed by atoms with Crippen LogP contribution in [0, 0.1) is 18.7 Å². The van der Waals surface area contributed by atoms with Crippen molar-refractivity contribution in [2.75, 3.05) is 33.2 Å². The van der Waals surface area contributed by atoms with Crippen molar-refractivity contribution >= 4 is 5.91 Å². The molecular weight excluding hydrogens is 347 g/mol. The van der Waals surface area contributed by atoms with E-state index in [1.54, 1.807) is 17.9 Å². The topological polar surface area (TPSA) is 62.5 Å². The molecule has 1 aliphatic heterocycles. The van der Waals surface area contributed by atoms with Gasteiger partial charge in [0, 0.05) is 26.7 Å². The average molecular weight is 374 g/mol. The number of likely N-dealkylation sites (N-methyl/N-ethyl adjacent to an activating group) is 1. The van der Waals surface area contributed by atoms with Gasteiger partial charge in [-0.1, -0.05) is 28.5 Å². The van der Waals surface area contributed by atoms with Crippen LogP contribution < -0.4 is 0 Å². The van der Waals surface area contributed by atoms with Crippen LogP contribution in [0.4, 0.5) is 4.39 Å². The fourth-order valence-corrected chi connectivity index (χ4v) is 3.66. The Balaban J connectivity index is 1.46. The van der Waals surface area contributed by atoms with Crippen LogP contribution >= 0.6 is 0 Å². The van der Waals surface area contributed by atoms with Crippen LogP contribution in [-0.4, -0.2) is 59.2 Å². The summed E-state index contributed by atoms with van der Waals surface area (Å²) in [5, 5.41) is 7.50. The summed E-state index contributed by atoms with van der Waals surface area (Å²) in [4.78, 5) is 16.6. The molecule has 0 radical (unpaired) electrons. The number of hydrogen-bond donors (Lipinski definition) is 0. The second-order valence-electron chi connectivity index (χ2n) is 7.40. The minimum atomic E-state index is -0.131. The van der Waals surface area contributed by atoms with Gasteiger partial charge >= 0.3 is 0 Å². The smallest absolute Gasteiger partial charge is 0.228 e. The fraction of sp³-hybridized carbons (Fsp3) is 0.550. The Labute approximate surface area is 159 Å². The summed E-state index contributed by atoms with van der Waals surface area (Å²) in [5.41, 5.74) is 2.03. The van der Waals surface area contributed by atoms with E-state index in [1.165, 1.54) is 6.07 Å². The predicted octanol–water partition coefficient (Wildman–Crippen LogP) is 2.47. The minimum absolute atomic E-state index is 0.0253. The Hall–Kier alpha value is -2.28. The number of halogens is 1. The number of carbonyl (C=O) groups is 1. The lowest BCUT2D eigenvalue weighted by Gasteiger charge is -2.34. The van der Waals surface area contributed by atoms with E-state index in [2.05, 4.69) is 19.8 Å². The van der Waals surface area contributed by atoms with E-state index in [1.807, 2.05) is 19.2 Å². The molecule has 1 saturated heterocycles. The Morgan fingerprint density at radius 1 is 1.37 bits per heavy atom. The van der Waals surface area contributed by atoms with Crippen molar-refractivity contribution in [3.63, 3.8) is 0 Å². The van der Waals surface area contributed by atoms with Gasteiger partial charge in [-0.15, -0.1) is 0 Å². The average Bonchev–Trinajstić information content (AvgIpc) is 3.06. The molecule has 0 aliphatic carbocycles. The van der Waals surface area contributed by atoms with Crippen molar-refractivity contribution < 1.29 is 13.8 Å². The lowest BCUT2D eigenvalue weighted by atomic mass is 9.97. The number of aromatic nitrogens is 2. The van der Waals surface area contributed by atoms with E-state index < -0.39 is 0 Å². The molecule has 6 nitrogen and oxygen atoms in total. The van der Waals surface area contributed by atoms with Gasteiger partial charge < -0.3 is 9.80 Å². The molecule has 2 aromatic rings. The van der Waals surface area contributed by atoms with Crippen molar-refractivity contribution in [3.8, 4) is 0 Å². The van der Waals surface area contributed by atoms with E-state index in [0.29, 0.717) is 23.7 Å². The highest BCUT2D eigenvalue weighted by Crippen LogP contribution is 2.19. The number of amides is 1. The van der Waals surface area contributed by atoms with Crippen LogP contribution in [0.1, 0.15) is 29.8 Å². The number of piperidine rings is 1. The highest BCUT2D eigenvalue weighted by molar-refractivity contribution is 5.78. The van der Waals surface area contributed by atoms with Gasteiger partial charge in [-0.2, -0.15) is 0 Å². The molecule has 0 bridgehead atoms. The largest absolute Gasteiger partial charge is 0.345 e. The number of nitrogens with zero attached hydrogens (tertiary/aromatic N) is 4. The number of hydrogen-bond acceptors (Lipinski definition) is 5. The summed E-state index contributed by atoms with van der Waals surface area (Å²) in [6.45, 7) is 5.33. The van der Waals surface area contributed by atoms with Crippen LogP contribution in [0.5, 0.6) is 0 Å². The quantitative estimate of drug-likeness (QED) is 0.745. The first-order valence-electron chi connectivity index (χ1n) is 9.50. The number of rotatable bonds is 7. The van der Waals surface area contributed by atoms with Gasteiger partial charge in [-0.3, -0.25) is 4.79 Å². The molecule has 146 valence electrons. The maximum Gasteiger partial charge on any atom is 0.228 e. The van der Waals surface area contributed by atoms with Crippen LogP contribution in [0.2, 0.25) is 0 Å². The summed E-state index contributed by atoms with van der Waals surface area (Å²) in [5.74, 6) is 0.330. The van der Waals surface area contributed by atoms with Crippen LogP contribution in [-0.2, 0) is 17.6 Å². The lowest BCUT2D eigenvalue weighted by molar-refractivity contribution is -0.130. The third-order valence-corrected chi connectivity index (χ3v) is 5.28. The van der Waals surface area contributed by atoms with Gasteiger partial charge in [0.1, 0.15) is 17.2 Å². The van der Waals surface area contributed by atoms with Gasteiger partial charge in [0.25, 0.3) is 0 Å². The Morgan fingerprint density at radius 2 is 2.19 bits per heavy atom. The molecule has 1 aromatic carbocycles. The first-order chi connectivity index (χ1) is 13.0. The molecule has 27 heavy (non-hydrogen) atoms. The molecule has 7 heteroatoms. The second kappa shape index (κ2) is 9.08. The molecule has 3 rings (SSSR count).